The molecule has 0 fully saturated rings. The molecule has 0 aromatic heterocycles. The van der Waals surface area contributed by atoms with Gasteiger partial charge in [-0.25, -0.2) is 0 Å². The first-order valence-electron chi connectivity index (χ1n) is 7.18. The smallest absolute Gasteiger partial charge is 0.0655 e. The number of nitriles is 1. The highest BCUT2D eigenvalue weighted by atomic mass is 14.3. The summed E-state index contributed by atoms with van der Waals surface area (Å²) in [5, 5.41) is 9.00. The lowest BCUT2D eigenvalue weighted by Gasteiger charge is -2.07. The van der Waals surface area contributed by atoms with Gasteiger partial charge in [-0.3, -0.25) is 0 Å². The molecule has 0 aromatic rings. The molecule has 0 amide bonds. The number of terminal acetylenes is 1. The molecule has 1 unspecified atom stereocenters. The predicted octanol–water partition coefficient (Wildman–Crippen LogP) is 5.07. The van der Waals surface area contributed by atoms with E-state index in [-0.39, 0.29) is 5.92 Å². The minimum absolute atomic E-state index is 0.235. The second kappa shape index (κ2) is 13.1. The van der Waals surface area contributed by atoms with Crippen molar-refractivity contribution in [2.45, 2.75) is 77.6 Å². The van der Waals surface area contributed by atoms with Gasteiger partial charge in [0.15, 0.2) is 0 Å². The highest BCUT2D eigenvalue weighted by Crippen LogP contribution is 2.17. The van der Waals surface area contributed by atoms with E-state index in [1.54, 1.807) is 0 Å². The molecule has 0 N–H and O–H groups in total. The zero-order chi connectivity index (χ0) is 12.8. The van der Waals surface area contributed by atoms with Crippen LogP contribution in [0.1, 0.15) is 77.6 Å². The van der Waals surface area contributed by atoms with E-state index in [2.05, 4.69) is 18.9 Å². The van der Waals surface area contributed by atoms with Crippen molar-refractivity contribution in [1.82, 2.24) is 0 Å². The molecule has 0 aromatic carbocycles. The van der Waals surface area contributed by atoms with E-state index >= 15 is 0 Å². The van der Waals surface area contributed by atoms with Crippen molar-refractivity contribution in [3.05, 3.63) is 0 Å². The van der Waals surface area contributed by atoms with Gasteiger partial charge in [-0.2, -0.15) is 5.26 Å². The van der Waals surface area contributed by atoms with Crippen LogP contribution < -0.4 is 0 Å². The minimum atomic E-state index is 0.235. The van der Waals surface area contributed by atoms with Crippen molar-refractivity contribution in [2.75, 3.05) is 0 Å². The van der Waals surface area contributed by atoms with E-state index in [0.29, 0.717) is 0 Å². The van der Waals surface area contributed by atoms with E-state index < -0.39 is 0 Å². The van der Waals surface area contributed by atoms with E-state index in [4.69, 9.17) is 11.7 Å². The van der Waals surface area contributed by atoms with Gasteiger partial charge in [0.05, 0.1) is 6.07 Å². The Balaban J connectivity index is 3.32. The van der Waals surface area contributed by atoms with Crippen molar-refractivity contribution in [3.63, 3.8) is 0 Å². The number of hydrogen-bond acceptors (Lipinski definition) is 1. The lowest BCUT2D eigenvalue weighted by Crippen LogP contribution is -1.97. The largest absolute Gasteiger partial charge is 0.198 e. The van der Waals surface area contributed by atoms with Crippen molar-refractivity contribution in [1.29, 1.82) is 5.26 Å². The molecule has 0 spiro atoms. The molecule has 0 rings (SSSR count). The van der Waals surface area contributed by atoms with Gasteiger partial charge in [0.2, 0.25) is 0 Å². The van der Waals surface area contributed by atoms with Crippen LogP contribution in [-0.2, 0) is 0 Å². The summed E-state index contributed by atoms with van der Waals surface area (Å²) in [5.41, 5.74) is 0. The molecule has 1 heteroatoms. The van der Waals surface area contributed by atoms with Gasteiger partial charge >= 0.3 is 0 Å². The zero-order valence-corrected chi connectivity index (χ0v) is 11.4. The Morgan fingerprint density at radius 1 is 0.941 bits per heavy atom. The average Bonchev–Trinajstić information content (AvgIpc) is 2.35. The van der Waals surface area contributed by atoms with Crippen LogP contribution in [0.25, 0.3) is 0 Å². The monoisotopic (exact) mass is 233 g/mol. The lowest BCUT2D eigenvalue weighted by molar-refractivity contribution is 0.490. The molecule has 0 aliphatic rings. The average molecular weight is 233 g/mol. The number of unbranched alkanes of at least 4 members (excludes halogenated alkanes) is 7. The van der Waals surface area contributed by atoms with Gasteiger partial charge in [0.1, 0.15) is 0 Å². The third-order valence-electron chi connectivity index (χ3n) is 3.21. The molecule has 0 aliphatic heterocycles. The molecule has 0 saturated carbocycles. The van der Waals surface area contributed by atoms with Gasteiger partial charge in [0, 0.05) is 12.3 Å². The van der Waals surface area contributed by atoms with E-state index in [0.717, 1.165) is 25.7 Å². The second-order valence-corrected chi connectivity index (χ2v) is 4.83. The molecular weight excluding hydrogens is 206 g/mol. The first-order chi connectivity index (χ1) is 8.35. The third-order valence-corrected chi connectivity index (χ3v) is 3.21. The van der Waals surface area contributed by atoms with Crippen LogP contribution in [0.4, 0.5) is 0 Å². The van der Waals surface area contributed by atoms with Crippen molar-refractivity contribution >= 4 is 0 Å². The lowest BCUT2D eigenvalue weighted by atomic mass is 9.96. The molecule has 0 radical (unpaired) electrons. The maximum absolute atomic E-state index is 9.00. The van der Waals surface area contributed by atoms with E-state index in [1.807, 2.05) is 0 Å². The molecule has 0 bridgehead atoms. The fraction of sp³-hybridized carbons (Fsp3) is 0.812. The summed E-state index contributed by atoms with van der Waals surface area (Å²) in [5.74, 6) is 2.87. The molecule has 1 nitrogen and oxygen atoms in total. The van der Waals surface area contributed by atoms with Gasteiger partial charge < -0.3 is 0 Å². The number of rotatable bonds is 11. The summed E-state index contributed by atoms with van der Waals surface area (Å²) >= 11 is 0. The molecule has 0 heterocycles. The third kappa shape index (κ3) is 11.3. The van der Waals surface area contributed by atoms with E-state index in [1.165, 1.54) is 44.9 Å². The number of nitrogens with zero attached hydrogens (tertiary/aromatic N) is 1. The van der Waals surface area contributed by atoms with E-state index in [9.17, 15) is 0 Å². The summed E-state index contributed by atoms with van der Waals surface area (Å²) < 4.78 is 0. The second-order valence-electron chi connectivity index (χ2n) is 4.83. The van der Waals surface area contributed by atoms with Crippen LogP contribution in [0.15, 0.2) is 0 Å². The van der Waals surface area contributed by atoms with Gasteiger partial charge in [-0.15, -0.1) is 12.3 Å². The first-order valence-corrected chi connectivity index (χ1v) is 7.18. The summed E-state index contributed by atoms with van der Waals surface area (Å²) in [6.45, 7) is 2.24. The standard InChI is InChI=1S/C16H27N/c1-3-5-7-8-9-10-12-14-16(15-17)13-11-6-4-2/h2,16H,3,5-14H2,1H3. The predicted molar refractivity (Wildman–Crippen MR) is 74.4 cm³/mol. The SMILES string of the molecule is C#CCCCC(C#N)CCCCCCCCC. The van der Waals surface area contributed by atoms with Gasteiger partial charge in [0.25, 0.3) is 0 Å². The fourth-order valence-corrected chi connectivity index (χ4v) is 2.07. The number of hydrogen-bond donors (Lipinski definition) is 0. The van der Waals surface area contributed by atoms with Crippen LogP contribution in [0.3, 0.4) is 0 Å². The van der Waals surface area contributed by atoms with Gasteiger partial charge in [-0.1, -0.05) is 51.9 Å². The molecular formula is C16H27N. The van der Waals surface area contributed by atoms with Gasteiger partial charge in [-0.05, 0) is 19.3 Å². The molecule has 17 heavy (non-hydrogen) atoms. The highest BCUT2D eigenvalue weighted by molar-refractivity contribution is 4.87. The Bertz CT molecular complexity index is 231. The van der Waals surface area contributed by atoms with Crippen molar-refractivity contribution < 1.29 is 0 Å². The Hall–Kier alpha value is -0.950. The fourth-order valence-electron chi connectivity index (χ4n) is 2.07. The molecule has 0 aliphatic carbocycles. The summed E-state index contributed by atoms with van der Waals surface area (Å²) in [4.78, 5) is 0. The normalized spacial score (nSPS) is 11.7. The Kier molecular flexibility index (Phi) is 12.4. The topological polar surface area (TPSA) is 23.8 Å². The minimum Gasteiger partial charge on any atom is -0.198 e. The van der Waals surface area contributed by atoms with Crippen molar-refractivity contribution in [2.24, 2.45) is 5.92 Å². The Labute approximate surface area is 108 Å². The maximum Gasteiger partial charge on any atom is 0.0655 e. The molecule has 96 valence electrons. The van der Waals surface area contributed by atoms with Crippen molar-refractivity contribution in [3.8, 4) is 18.4 Å². The van der Waals surface area contributed by atoms with Crippen LogP contribution in [0.5, 0.6) is 0 Å². The van der Waals surface area contributed by atoms with Crippen LogP contribution >= 0.6 is 0 Å². The summed E-state index contributed by atoms with van der Waals surface area (Å²) in [7, 11) is 0. The molecule has 0 saturated heterocycles. The summed E-state index contributed by atoms with van der Waals surface area (Å²) in [6.07, 6.45) is 18.3. The Morgan fingerprint density at radius 2 is 1.53 bits per heavy atom. The summed E-state index contributed by atoms with van der Waals surface area (Å²) in [6, 6.07) is 2.40. The molecule has 1 atom stereocenters. The highest BCUT2D eigenvalue weighted by Gasteiger charge is 2.06. The Morgan fingerprint density at radius 3 is 2.12 bits per heavy atom. The van der Waals surface area contributed by atoms with Crippen LogP contribution in [0.2, 0.25) is 0 Å². The first kappa shape index (κ1) is 16.1. The quantitative estimate of drug-likeness (QED) is 0.361. The van der Waals surface area contributed by atoms with Crippen LogP contribution in [0, 0.1) is 29.6 Å². The zero-order valence-electron chi connectivity index (χ0n) is 11.4. The van der Waals surface area contributed by atoms with Crippen LogP contribution in [-0.4, -0.2) is 0 Å². The maximum atomic E-state index is 9.00.